The number of aromatic amines is 1. The molecule has 0 saturated carbocycles. The smallest absolute Gasteiger partial charge is 0.195 e. The van der Waals surface area contributed by atoms with E-state index in [0.717, 1.165) is 35.7 Å². The standard InChI is InChI=1S/C13H15N3OS2/c17-19-8-6-11(7-9-19)16-12(14-15-13(16)18)10-4-2-1-3-5-10/h1-5,11H,6-9H2,(H,15,18). The van der Waals surface area contributed by atoms with Gasteiger partial charge in [-0.15, -0.1) is 0 Å². The van der Waals surface area contributed by atoms with E-state index in [0.29, 0.717) is 10.8 Å². The quantitative estimate of drug-likeness (QED) is 0.866. The second kappa shape index (κ2) is 5.38. The predicted molar refractivity (Wildman–Crippen MR) is 79.0 cm³/mol. The van der Waals surface area contributed by atoms with Crippen molar-refractivity contribution in [3.63, 3.8) is 0 Å². The molecule has 1 saturated heterocycles. The van der Waals surface area contributed by atoms with Crippen molar-refractivity contribution in [2.24, 2.45) is 0 Å². The van der Waals surface area contributed by atoms with E-state index in [4.69, 9.17) is 12.2 Å². The number of nitrogens with one attached hydrogen (secondary N) is 1. The van der Waals surface area contributed by atoms with E-state index in [1.807, 2.05) is 30.3 Å². The number of hydrogen-bond acceptors (Lipinski definition) is 3. The molecule has 1 N–H and O–H groups in total. The van der Waals surface area contributed by atoms with Crippen LogP contribution in [0.25, 0.3) is 11.4 Å². The predicted octanol–water partition coefficient (Wildman–Crippen LogP) is 2.69. The molecule has 3 rings (SSSR count). The van der Waals surface area contributed by atoms with Gasteiger partial charge in [-0.25, -0.2) is 0 Å². The van der Waals surface area contributed by atoms with E-state index in [9.17, 15) is 4.21 Å². The summed E-state index contributed by atoms with van der Waals surface area (Å²) in [6.07, 6.45) is 1.81. The summed E-state index contributed by atoms with van der Waals surface area (Å²) < 4.78 is 14.2. The Morgan fingerprint density at radius 3 is 2.63 bits per heavy atom. The molecule has 2 aromatic rings. The average Bonchev–Trinajstić information content (AvgIpc) is 2.83. The Morgan fingerprint density at radius 1 is 1.26 bits per heavy atom. The third kappa shape index (κ3) is 2.55. The van der Waals surface area contributed by atoms with Crippen LogP contribution in [0.3, 0.4) is 0 Å². The lowest BCUT2D eigenvalue weighted by Crippen LogP contribution is -2.22. The molecular formula is C13H15N3OS2. The zero-order chi connectivity index (χ0) is 13.2. The molecule has 0 unspecified atom stereocenters. The lowest BCUT2D eigenvalue weighted by Gasteiger charge is -2.23. The summed E-state index contributed by atoms with van der Waals surface area (Å²) in [4.78, 5) is 0. The molecule has 0 amide bonds. The number of benzene rings is 1. The van der Waals surface area contributed by atoms with Crippen LogP contribution < -0.4 is 0 Å². The van der Waals surface area contributed by atoms with Gasteiger partial charge < -0.3 is 0 Å². The normalized spacial score (nSPS) is 23.4. The number of rotatable bonds is 2. The summed E-state index contributed by atoms with van der Waals surface area (Å²) >= 11 is 5.35. The Balaban J connectivity index is 2.00. The second-order valence-corrected chi connectivity index (χ2v) is 6.75. The first kappa shape index (κ1) is 12.7. The molecule has 1 fully saturated rings. The maximum absolute atomic E-state index is 11.5. The summed E-state index contributed by atoms with van der Waals surface area (Å²) in [6.45, 7) is 0. The van der Waals surface area contributed by atoms with Gasteiger partial charge in [0, 0.05) is 33.9 Å². The van der Waals surface area contributed by atoms with Crippen molar-refractivity contribution >= 4 is 23.0 Å². The zero-order valence-corrected chi connectivity index (χ0v) is 12.0. The molecule has 0 atom stereocenters. The van der Waals surface area contributed by atoms with Crippen molar-refractivity contribution in [3.05, 3.63) is 35.1 Å². The minimum Gasteiger partial charge on any atom is -0.297 e. The minimum atomic E-state index is -0.658. The first-order valence-electron chi connectivity index (χ1n) is 6.33. The molecule has 0 aliphatic carbocycles. The molecule has 1 aromatic heterocycles. The Bertz CT molecular complexity index is 637. The monoisotopic (exact) mass is 293 g/mol. The van der Waals surface area contributed by atoms with E-state index in [-0.39, 0.29) is 0 Å². The number of nitrogens with zero attached hydrogens (tertiary/aromatic N) is 2. The van der Waals surface area contributed by atoms with Crippen LogP contribution in [0.2, 0.25) is 0 Å². The van der Waals surface area contributed by atoms with Gasteiger partial charge >= 0.3 is 0 Å². The van der Waals surface area contributed by atoms with Crippen LogP contribution in [0.5, 0.6) is 0 Å². The van der Waals surface area contributed by atoms with Crippen LogP contribution >= 0.6 is 12.2 Å². The summed E-state index contributed by atoms with van der Waals surface area (Å²) in [5, 5.41) is 7.23. The molecule has 19 heavy (non-hydrogen) atoms. The first-order chi connectivity index (χ1) is 9.25. The van der Waals surface area contributed by atoms with E-state index in [2.05, 4.69) is 14.8 Å². The van der Waals surface area contributed by atoms with Crippen molar-refractivity contribution in [2.45, 2.75) is 18.9 Å². The van der Waals surface area contributed by atoms with Gasteiger partial charge in [0.25, 0.3) is 0 Å². The van der Waals surface area contributed by atoms with Crippen LogP contribution in [-0.4, -0.2) is 30.5 Å². The molecule has 0 radical (unpaired) electrons. The van der Waals surface area contributed by atoms with Crippen LogP contribution in [0.1, 0.15) is 18.9 Å². The second-order valence-electron chi connectivity index (χ2n) is 4.67. The lowest BCUT2D eigenvalue weighted by molar-refractivity contribution is 0.460. The fourth-order valence-electron chi connectivity index (χ4n) is 2.47. The van der Waals surface area contributed by atoms with Gasteiger partial charge in [-0.05, 0) is 25.1 Å². The number of H-pyrrole nitrogens is 1. The zero-order valence-electron chi connectivity index (χ0n) is 10.4. The summed E-state index contributed by atoms with van der Waals surface area (Å²) in [7, 11) is -0.658. The van der Waals surface area contributed by atoms with Crippen molar-refractivity contribution in [1.82, 2.24) is 14.8 Å². The van der Waals surface area contributed by atoms with Gasteiger partial charge in [-0.3, -0.25) is 13.9 Å². The van der Waals surface area contributed by atoms with Gasteiger partial charge in [-0.1, -0.05) is 30.3 Å². The lowest BCUT2D eigenvalue weighted by atomic mass is 10.1. The third-order valence-corrected chi connectivity index (χ3v) is 5.13. The molecule has 0 bridgehead atoms. The van der Waals surface area contributed by atoms with Gasteiger partial charge in [-0.2, -0.15) is 5.10 Å². The highest BCUT2D eigenvalue weighted by Crippen LogP contribution is 2.27. The SMILES string of the molecule is O=S1CCC(n2c(-c3ccccc3)n[nH]c2=S)CC1. The van der Waals surface area contributed by atoms with E-state index < -0.39 is 10.8 Å². The summed E-state index contributed by atoms with van der Waals surface area (Å²) in [5.41, 5.74) is 1.06. The molecule has 1 aliphatic heterocycles. The van der Waals surface area contributed by atoms with E-state index in [1.165, 1.54) is 0 Å². The minimum absolute atomic E-state index is 0.305. The van der Waals surface area contributed by atoms with Crippen LogP contribution in [-0.2, 0) is 10.8 Å². The molecule has 1 aliphatic rings. The molecular weight excluding hydrogens is 278 g/mol. The maximum Gasteiger partial charge on any atom is 0.195 e. The fraction of sp³-hybridized carbons (Fsp3) is 0.385. The molecule has 1 aromatic carbocycles. The highest BCUT2D eigenvalue weighted by atomic mass is 32.2. The molecule has 6 heteroatoms. The van der Waals surface area contributed by atoms with E-state index in [1.54, 1.807) is 0 Å². The largest absolute Gasteiger partial charge is 0.297 e. The highest BCUT2D eigenvalue weighted by Gasteiger charge is 2.23. The molecule has 2 heterocycles. The van der Waals surface area contributed by atoms with Crippen molar-refractivity contribution < 1.29 is 4.21 Å². The molecule has 100 valence electrons. The van der Waals surface area contributed by atoms with Crippen molar-refractivity contribution in [3.8, 4) is 11.4 Å². The van der Waals surface area contributed by atoms with Gasteiger partial charge in [0.1, 0.15) is 0 Å². The van der Waals surface area contributed by atoms with Crippen molar-refractivity contribution in [1.29, 1.82) is 0 Å². The van der Waals surface area contributed by atoms with E-state index >= 15 is 0 Å². The highest BCUT2D eigenvalue weighted by molar-refractivity contribution is 7.85. The van der Waals surface area contributed by atoms with Crippen LogP contribution in [0, 0.1) is 4.77 Å². The van der Waals surface area contributed by atoms with Crippen LogP contribution in [0.4, 0.5) is 0 Å². The number of hydrogen-bond donors (Lipinski definition) is 1. The Morgan fingerprint density at radius 2 is 1.95 bits per heavy atom. The molecule has 4 nitrogen and oxygen atoms in total. The average molecular weight is 293 g/mol. The topological polar surface area (TPSA) is 50.7 Å². The Kier molecular flexibility index (Phi) is 3.61. The Hall–Kier alpha value is -1.27. The van der Waals surface area contributed by atoms with Gasteiger partial charge in [0.05, 0.1) is 0 Å². The van der Waals surface area contributed by atoms with Crippen molar-refractivity contribution in [2.75, 3.05) is 11.5 Å². The van der Waals surface area contributed by atoms with Crippen LogP contribution in [0.15, 0.2) is 30.3 Å². The molecule has 0 spiro atoms. The summed E-state index contributed by atoms with van der Waals surface area (Å²) in [5.74, 6) is 2.39. The fourth-order valence-corrected chi connectivity index (χ4v) is 4.03. The number of aromatic nitrogens is 3. The van der Waals surface area contributed by atoms with Gasteiger partial charge in [0.2, 0.25) is 0 Å². The third-order valence-electron chi connectivity index (χ3n) is 3.46. The first-order valence-corrected chi connectivity index (χ1v) is 8.22. The maximum atomic E-state index is 11.5. The Labute approximate surface area is 119 Å². The van der Waals surface area contributed by atoms with Gasteiger partial charge in [0.15, 0.2) is 10.6 Å². The summed E-state index contributed by atoms with van der Waals surface area (Å²) in [6, 6.07) is 10.3.